The van der Waals surface area contributed by atoms with Crippen molar-refractivity contribution in [2.45, 2.75) is 44.8 Å². The number of amides is 1. The third-order valence-corrected chi connectivity index (χ3v) is 3.25. The Morgan fingerprint density at radius 2 is 2.06 bits per heavy atom. The van der Waals surface area contributed by atoms with Crippen LogP contribution in [0.3, 0.4) is 0 Å². The van der Waals surface area contributed by atoms with Gasteiger partial charge in [0.2, 0.25) is 5.91 Å². The van der Waals surface area contributed by atoms with Gasteiger partial charge >= 0.3 is 6.18 Å². The predicted octanol–water partition coefficient (Wildman–Crippen LogP) is 2.24. The smallest absolute Gasteiger partial charge is 0.352 e. The number of rotatable bonds is 3. The summed E-state index contributed by atoms with van der Waals surface area (Å²) in [4.78, 5) is 11.7. The van der Waals surface area contributed by atoms with E-state index in [0.29, 0.717) is 19.4 Å². The first-order chi connectivity index (χ1) is 7.84. The number of nitrogens with two attached hydrogens (primary N) is 1. The van der Waals surface area contributed by atoms with Crippen LogP contribution in [0.4, 0.5) is 13.2 Å². The van der Waals surface area contributed by atoms with Crippen LogP contribution in [0.15, 0.2) is 0 Å². The first-order valence-corrected chi connectivity index (χ1v) is 5.91. The van der Waals surface area contributed by atoms with Gasteiger partial charge in [-0.2, -0.15) is 13.2 Å². The largest absolute Gasteiger partial charge is 0.391 e. The van der Waals surface area contributed by atoms with Crippen LogP contribution in [-0.4, -0.2) is 24.7 Å². The standard InChI is InChI=1S/C11H19F3N2O.ClH/c1-7(6-15)16-10(17)8-3-2-4-9(5-8)11(12,13)14;/h7-9H,2-6,15H2,1H3,(H,16,17);1H/t7-,8?,9?;/m1./s1. The Morgan fingerprint density at radius 1 is 1.44 bits per heavy atom. The monoisotopic (exact) mass is 288 g/mol. The molecule has 1 amide bonds. The molecule has 0 aliphatic heterocycles. The van der Waals surface area contributed by atoms with Crippen LogP contribution >= 0.6 is 12.4 Å². The van der Waals surface area contributed by atoms with Crippen LogP contribution < -0.4 is 11.1 Å². The molecule has 3 N–H and O–H groups in total. The average molecular weight is 289 g/mol. The minimum atomic E-state index is -4.18. The molecule has 1 rings (SSSR count). The topological polar surface area (TPSA) is 55.1 Å². The van der Waals surface area contributed by atoms with Gasteiger partial charge in [0.05, 0.1) is 5.92 Å². The lowest BCUT2D eigenvalue weighted by molar-refractivity contribution is -0.186. The van der Waals surface area contributed by atoms with Gasteiger partial charge < -0.3 is 11.1 Å². The zero-order valence-electron chi connectivity index (χ0n) is 10.3. The second kappa shape index (κ2) is 7.19. The molecule has 1 fully saturated rings. The highest BCUT2D eigenvalue weighted by Crippen LogP contribution is 2.39. The van der Waals surface area contributed by atoms with E-state index in [1.54, 1.807) is 6.92 Å². The lowest BCUT2D eigenvalue weighted by Crippen LogP contribution is -2.43. The van der Waals surface area contributed by atoms with Crippen LogP contribution in [0.5, 0.6) is 0 Å². The summed E-state index contributed by atoms with van der Waals surface area (Å²) in [6.07, 6.45) is -3.14. The zero-order valence-corrected chi connectivity index (χ0v) is 11.1. The second-order valence-electron chi connectivity index (χ2n) is 4.75. The summed E-state index contributed by atoms with van der Waals surface area (Å²) in [5.74, 6) is -2.15. The predicted molar refractivity (Wildman–Crippen MR) is 65.4 cm³/mol. The molecule has 3 nitrogen and oxygen atoms in total. The highest BCUT2D eigenvalue weighted by Gasteiger charge is 2.43. The van der Waals surface area contributed by atoms with Crippen LogP contribution in [0.1, 0.15) is 32.6 Å². The lowest BCUT2D eigenvalue weighted by atomic mass is 9.80. The molecule has 1 aliphatic rings. The van der Waals surface area contributed by atoms with Gasteiger partial charge in [-0.1, -0.05) is 6.42 Å². The van der Waals surface area contributed by atoms with Crippen molar-refractivity contribution in [1.29, 1.82) is 0 Å². The van der Waals surface area contributed by atoms with E-state index in [1.165, 1.54) is 0 Å². The molecule has 0 bridgehead atoms. The van der Waals surface area contributed by atoms with Gasteiger partial charge in [0.25, 0.3) is 0 Å². The van der Waals surface area contributed by atoms with Crippen molar-refractivity contribution in [2.75, 3.05) is 6.54 Å². The molecule has 0 aromatic heterocycles. The Balaban J connectivity index is 0.00000289. The van der Waals surface area contributed by atoms with Crippen molar-refractivity contribution in [2.24, 2.45) is 17.6 Å². The minimum absolute atomic E-state index is 0. The average Bonchev–Trinajstić information content (AvgIpc) is 2.28. The Kier molecular flexibility index (Phi) is 6.99. The van der Waals surface area contributed by atoms with E-state index in [-0.39, 0.29) is 37.2 Å². The van der Waals surface area contributed by atoms with Gasteiger partial charge in [-0.15, -0.1) is 12.4 Å². The van der Waals surface area contributed by atoms with E-state index in [9.17, 15) is 18.0 Å². The number of hydrogen-bond donors (Lipinski definition) is 2. The Labute approximate surface area is 111 Å². The van der Waals surface area contributed by atoms with E-state index in [0.717, 1.165) is 0 Å². The molecular weight excluding hydrogens is 269 g/mol. The van der Waals surface area contributed by atoms with E-state index >= 15 is 0 Å². The van der Waals surface area contributed by atoms with Crippen LogP contribution in [-0.2, 0) is 4.79 Å². The molecule has 0 spiro atoms. The summed E-state index contributed by atoms with van der Waals surface area (Å²) in [5, 5.41) is 2.64. The number of hydrogen-bond acceptors (Lipinski definition) is 2. The van der Waals surface area contributed by atoms with Crippen molar-refractivity contribution in [3.63, 3.8) is 0 Å². The molecule has 0 heterocycles. The molecule has 2 unspecified atom stereocenters. The third-order valence-electron chi connectivity index (χ3n) is 3.25. The van der Waals surface area contributed by atoms with Crippen LogP contribution in [0, 0.1) is 11.8 Å². The Bertz CT molecular complexity index is 274. The molecule has 3 atom stereocenters. The van der Waals surface area contributed by atoms with Crippen molar-refractivity contribution in [3.05, 3.63) is 0 Å². The van der Waals surface area contributed by atoms with E-state index in [2.05, 4.69) is 5.32 Å². The molecular formula is C11H20ClF3N2O. The SMILES string of the molecule is C[C@H](CN)NC(=O)C1CCCC(C(F)(F)F)C1.Cl. The van der Waals surface area contributed by atoms with Gasteiger partial charge in [-0.3, -0.25) is 4.79 Å². The Hall–Kier alpha value is -0.490. The number of alkyl halides is 3. The fourth-order valence-corrected chi connectivity index (χ4v) is 2.14. The number of carbonyl (C=O) groups excluding carboxylic acids is 1. The van der Waals surface area contributed by atoms with Gasteiger partial charge in [-0.05, 0) is 26.2 Å². The van der Waals surface area contributed by atoms with Crippen molar-refractivity contribution < 1.29 is 18.0 Å². The van der Waals surface area contributed by atoms with Gasteiger partial charge in [0.1, 0.15) is 0 Å². The Morgan fingerprint density at radius 3 is 2.56 bits per heavy atom. The molecule has 1 aliphatic carbocycles. The van der Waals surface area contributed by atoms with Gasteiger partial charge in [0, 0.05) is 18.5 Å². The van der Waals surface area contributed by atoms with Crippen molar-refractivity contribution in [3.8, 4) is 0 Å². The third kappa shape index (κ3) is 5.02. The number of nitrogens with one attached hydrogen (secondary N) is 1. The van der Waals surface area contributed by atoms with E-state index < -0.39 is 18.0 Å². The first-order valence-electron chi connectivity index (χ1n) is 5.91. The fourth-order valence-electron chi connectivity index (χ4n) is 2.14. The molecule has 0 radical (unpaired) electrons. The fraction of sp³-hybridized carbons (Fsp3) is 0.909. The molecule has 108 valence electrons. The normalized spacial score (nSPS) is 26.1. The molecule has 0 aromatic carbocycles. The maximum atomic E-state index is 12.6. The van der Waals surface area contributed by atoms with Crippen molar-refractivity contribution >= 4 is 18.3 Å². The van der Waals surface area contributed by atoms with E-state index in [1.807, 2.05) is 0 Å². The van der Waals surface area contributed by atoms with Crippen LogP contribution in [0.25, 0.3) is 0 Å². The molecule has 0 saturated heterocycles. The maximum absolute atomic E-state index is 12.6. The maximum Gasteiger partial charge on any atom is 0.391 e. The lowest BCUT2D eigenvalue weighted by Gasteiger charge is -2.30. The summed E-state index contributed by atoms with van der Waals surface area (Å²) in [6, 6.07) is -0.186. The highest BCUT2D eigenvalue weighted by atomic mass is 35.5. The van der Waals surface area contributed by atoms with Crippen molar-refractivity contribution in [1.82, 2.24) is 5.32 Å². The number of halogens is 4. The summed E-state index contributed by atoms with van der Waals surface area (Å²) in [5.41, 5.74) is 5.35. The van der Waals surface area contributed by atoms with Gasteiger partial charge in [0.15, 0.2) is 0 Å². The van der Waals surface area contributed by atoms with Crippen LogP contribution in [0.2, 0.25) is 0 Å². The summed E-state index contributed by atoms with van der Waals surface area (Å²) < 4.78 is 37.7. The number of carbonyl (C=O) groups is 1. The second-order valence-corrected chi connectivity index (χ2v) is 4.75. The zero-order chi connectivity index (χ0) is 13.1. The summed E-state index contributed by atoms with van der Waals surface area (Å²) >= 11 is 0. The first kappa shape index (κ1) is 17.5. The van der Waals surface area contributed by atoms with E-state index in [4.69, 9.17) is 5.73 Å². The molecule has 18 heavy (non-hydrogen) atoms. The summed E-state index contributed by atoms with van der Waals surface area (Å²) in [7, 11) is 0. The minimum Gasteiger partial charge on any atom is -0.352 e. The summed E-state index contributed by atoms with van der Waals surface area (Å²) in [6.45, 7) is 2.03. The highest BCUT2D eigenvalue weighted by molar-refractivity contribution is 5.85. The molecule has 0 aromatic rings. The molecule has 7 heteroatoms. The molecule has 1 saturated carbocycles. The quantitative estimate of drug-likeness (QED) is 0.837. The van der Waals surface area contributed by atoms with Gasteiger partial charge in [-0.25, -0.2) is 0 Å².